The highest BCUT2D eigenvalue weighted by molar-refractivity contribution is 9.10. The standard InChI is InChI=1S/C19H17BrN2O2/c20-15-9-4-5-10-16(15)22-18(23)13-21-19(17-11-6-12-24-17)14-7-2-1-3-8-14/h1-12,19,21H,13H2,(H,22,23)/p+1/t19-/m1/s1. The SMILES string of the molecule is O=C(C[NH2+][C@H](c1ccccc1)c1ccco1)Nc1ccccc1Br. The predicted octanol–water partition coefficient (Wildman–Crippen LogP) is 3.33. The number of amides is 1. The number of quaternary nitrogens is 1. The summed E-state index contributed by atoms with van der Waals surface area (Å²) >= 11 is 3.43. The largest absolute Gasteiger partial charge is 0.463 e. The average Bonchev–Trinajstić information content (AvgIpc) is 3.12. The summed E-state index contributed by atoms with van der Waals surface area (Å²) < 4.78 is 6.41. The number of halogens is 1. The Kier molecular flexibility index (Phi) is 5.46. The molecular formula is C19H18BrN2O2+. The van der Waals surface area contributed by atoms with E-state index in [0.717, 1.165) is 21.5 Å². The van der Waals surface area contributed by atoms with Gasteiger partial charge >= 0.3 is 0 Å². The summed E-state index contributed by atoms with van der Waals surface area (Å²) in [7, 11) is 0. The Labute approximate surface area is 149 Å². The first kappa shape index (κ1) is 16.5. The van der Waals surface area contributed by atoms with Gasteiger partial charge < -0.3 is 15.1 Å². The minimum Gasteiger partial charge on any atom is -0.463 e. The molecule has 1 atom stereocenters. The molecule has 0 radical (unpaired) electrons. The number of para-hydroxylation sites is 1. The molecule has 0 saturated heterocycles. The zero-order valence-corrected chi connectivity index (χ0v) is 14.6. The molecule has 1 heterocycles. The van der Waals surface area contributed by atoms with Crippen LogP contribution in [0.1, 0.15) is 17.4 Å². The normalized spacial score (nSPS) is 11.9. The van der Waals surface area contributed by atoms with Crippen LogP contribution in [0.5, 0.6) is 0 Å². The van der Waals surface area contributed by atoms with Gasteiger partial charge in [-0.25, -0.2) is 0 Å². The van der Waals surface area contributed by atoms with E-state index < -0.39 is 0 Å². The average molecular weight is 386 g/mol. The number of carbonyl (C=O) groups excluding carboxylic acids is 1. The smallest absolute Gasteiger partial charge is 0.279 e. The molecule has 0 aliphatic heterocycles. The maximum absolute atomic E-state index is 12.3. The summed E-state index contributed by atoms with van der Waals surface area (Å²) in [6.45, 7) is 0.293. The maximum Gasteiger partial charge on any atom is 0.279 e. The van der Waals surface area contributed by atoms with E-state index in [9.17, 15) is 4.79 Å². The van der Waals surface area contributed by atoms with E-state index in [-0.39, 0.29) is 11.9 Å². The highest BCUT2D eigenvalue weighted by Crippen LogP contribution is 2.21. The molecule has 0 unspecified atom stereocenters. The lowest BCUT2D eigenvalue weighted by Crippen LogP contribution is -2.87. The van der Waals surface area contributed by atoms with Crippen molar-refractivity contribution in [3.8, 4) is 0 Å². The van der Waals surface area contributed by atoms with Crippen molar-refractivity contribution in [2.75, 3.05) is 11.9 Å². The number of carbonyl (C=O) groups is 1. The quantitative estimate of drug-likeness (QED) is 0.683. The number of anilines is 1. The number of rotatable bonds is 6. The second kappa shape index (κ2) is 7.95. The molecule has 0 saturated carbocycles. The van der Waals surface area contributed by atoms with Crippen LogP contribution in [0.4, 0.5) is 5.69 Å². The molecule has 122 valence electrons. The van der Waals surface area contributed by atoms with E-state index >= 15 is 0 Å². The van der Waals surface area contributed by atoms with E-state index in [0.29, 0.717) is 6.54 Å². The Hall–Kier alpha value is -2.37. The van der Waals surface area contributed by atoms with Gasteiger partial charge in [0.2, 0.25) is 0 Å². The summed E-state index contributed by atoms with van der Waals surface area (Å²) in [5, 5.41) is 4.89. The van der Waals surface area contributed by atoms with Gasteiger partial charge in [-0.1, -0.05) is 42.5 Å². The second-order valence-corrected chi connectivity index (χ2v) is 6.23. The molecule has 3 N–H and O–H groups in total. The molecule has 5 heteroatoms. The molecule has 3 rings (SSSR count). The van der Waals surface area contributed by atoms with Gasteiger partial charge in [-0.15, -0.1) is 0 Å². The number of benzene rings is 2. The molecule has 2 aromatic carbocycles. The summed E-state index contributed by atoms with van der Waals surface area (Å²) in [6, 6.07) is 21.3. The van der Waals surface area contributed by atoms with Crippen LogP contribution in [0.25, 0.3) is 0 Å². The lowest BCUT2D eigenvalue weighted by atomic mass is 10.0. The zero-order valence-electron chi connectivity index (χ0n) is 13.0. The van der Waals surface area contributed by atoms with E-state index in [1.807, 2.05) is 72.0 Å². The molecule has 0 fully saturated rings. The Balaban J connectivity index is 1.68. The van der Waals surface area contributed by atoms with Gasteiger partial charge in [0.05, 0.1) is 12.0 Å². The minimum atomic E-state index is -0.0608. The van der Waals surface area contributed by atoms with Gasteiger partial charge in [-0.05, 0) is 40.2 Å². The van der Waals surface area contributed by atoms with Gasteiger partial charge in [-0.2, -0.15) is 0 Å². The van der Waals surface area contributed by atoms with E-state index in [4.69, 9.17) is 4.42 Å². The van der Waals surface area contributed by atoms with Crippen molar-refractivity contribution in [3.63, 3.8) is 0 Å². The van der Waals surface area contributed by atoms with Gasteiger partial charge in [0.15, 0.2) is 18.3 Å². The van der Waals surface area contributed by atoms with E-state index in [1.54, 1.807) is 6.26 Å². The molecule has 24 heavy (non-hydrogen) atoms. The third-order valence-corrected chi connectivity index (χ3v) is 4.39. The Morgan fingerprint density at radius 2 is 1.79 bits per heavy atom. The van der Waals surface area contributed by atoms with Crippen molar-refractivity contribution < 1.29 is 14.5 Å². The molecule has 0 bridgehead atoms. The summed E-state index contributed by atoms with van der Waals surface area (Å²) in [5.41, 5.74) is 1.87. The van der Waals surface area contributed by atoms with Gasteiger partial charge in [-0.3, -0.25) is 4.79 Å². The van der Waals surface area contributed by atoms with Crippen LogP contribution in [0.15, 0.2) is 81.9 Å². The number of hydrogen-bond acceptors (Lipinski definition) is 2. The van der Waals surface area contributed by atoms with Crippen molar-refractivity contribution in [3.05, 3.63) is 88.8 Å². The van der Waals surface area contributed by atoms with E-state index in [2.05, 4.69) is 21.2 Å². The molecule has 0 aliphatic carbocycles. The zero-order chi connectivity index (χ0) is 16.8. The fourth-order valence-corrected chi connectivity index (χ4v) is 2.92. The third-order valence-electron chi connectivity index (χ3n) is 3.70. The van der Waals surface area contributed by atoms with Crippen molar-refractivity contribution >= 4 is 27.5 Å². The van der Waals surface area contributed by atoms with Crippen LogP contribution < -0.4 is 10.6 Å². The first-order valence-corrected chi connectivity index (χ1v) is 8.49. The lowest BCUT2D eigenvalue weighted by molar-refractivity contribution is -0.678. The van der Waals surface area contributed by atoms with E-state index in [1.165, 1.54) is 0 Å². The van der Waals surface area contributed by atoms with Crippen LogP contribution >= 0.6 is 15.9 Å². The number of furan rings is 1. The van der Waals surface area contributed by atoms with Crippen molar-refractivity contribution in [2.24, 2.45) is 0 Å². The summed E-state index contributed by atoms with van der Waals surface area (Å²) in [5.74, 6) is 0.768. The molecule has 4 nitrogen and oxygen atoms in total. The molecule has 3 aromatic rings. The maximum atomic E-state index is 12.3. The monoisotopic (exact) mass is 385 g/mol. The Morgan fingerprint density at radius 3 is 2.50 bits per heavy atom. The first-order chi connectivity index (χ1) is 11.7. The van der Waals surface area contributed by atoms with Gasteiger partial charge in [0.1, 0.15) is 0 Å². The Bertz CT molecular complexity index is 788. The summed E-state index contributed by atoms with van der Waals surface area (Å²) in [6.07, 6.45) is 1.65. The second-order valence-electron chi connectivity index (χ2n) is 5.37. The minimum absolute atomic E-state index is 0.0498. The van der Waals surface area contributed by atoms with Crippen LogP contribution in [-0.4, -0.2) is 12.5 Å². The van der Waals surface area contributed by atoms with Gasteiger partial charge in [0.25, 0.3) is 5.91 Å². The molecule has 0 spiro atoms. The number of nitrogens with one attached hydrogen (secondary N) is 1. The molecule has 1 aromatic heterocycles. The molecular weight excluding hydrogens is 368 g/mol. The highest BCUT2D eigenvalue weighted by atomic mass is 79.9. The fourth-order valence-electron chi connectivity index (χ4n) is 2.53. The van der Waals surface area contributed by atoms with Crippen molar-refractivity contribution in [2.45, 2.75) is 6.04 Å². The summed E-state index contributed by atoms with van der Waals surface area (Å²) in [4.78, 5) is 12.3. The van der Waals surface area contributed by atoms with Gasteiger partial charge in [0, 0.05) is 10.0 Å². The van der Waals surface area contributed by atoms with Crippen LogP contribution in [-0.2, 0) is 4.79 Å². The number of hydrogen-bond donors (Lipinski definition) is 2. The molecule has 0 aliphatic rings. The Morgan fingerprint density at radius 1 is 1.04 bits per heavy atom. The fraction of sp³-hybridized carbons (Fsp3) is 0.105. The van der Waals surface area contributed by atoms with Crippen LogP contribution in [0.2, 0.25) is 0 Å². The first-order valence-electron chi connectivity index (χ1n) is 7.70. The van der Waals surface area contributed by atoms with Crippen molar-refractivity contribution in [1.82, 2.24) is 0 Å². The topological polar surface area (TPSA) is 58.9 Å². The van der Waals surface area contributed by atoms with Crippen molar-refractivity contribution in [1.29, 1.82) is 0 Å². The third kappa shape index (κ3) is 4.13. The van der Waals surface area contributed by atoms with Crippen LogP contribution in [0.3, 0.4) is 0 Å². The molecule has 1 amide bonds. The lowest BCUT2D eigenvalue weighted by Gasteiger charge is -2.14. The highest BCUT2D eigenvalue weighted by Gasteiger charge is 2.21. The number of nitrogens with two attached hydrogens (primary N) is 1. The van der Waals surface area contributed by atoms with Crippen LogP contribution in [0, 0.1) is 0 Å². The predicted molar refractivity (Wildman–Crippen MR) is 96.6 cm³/mol.